The Morgan fingerprint density at radius 1 is 1.15 bits per heavy atom. The lowest BCUT2D eigenvalue weighted by atomic mass is 10.1. The fourth-order valence-corrected chi connectivity index (χ4v) is 3.08. The van der Waals surface area contributed by atoms with Crippen LogP contribution < -0.4 is 5.84 Å². The molecule has 0 radical (unpaired) electrons. The van der Waals surface area contributed by atoms with Crippen LogP contribution in [-0.4, -0.2) is 26.2 Å². The largest absolute Gasteiger partial charge is 0.460 e. The fourth-order valence-electron chi connectivity index (χ4n) is 3.08. The molecule has 0 bridgehead atoms. The van der Waals surface area contributed by atoms with E-state index in [4.69, 9.17) is 15.6 Å². The van der Waals surface area contributed by atoms with Gasteiger partial charge in [0.05, 0.1) is 12.1 Å². The zero-order chi connectivity index (χ0) is 19.8. The Balaban J connectivity index is 2.04. The minimum Gasteiger partial charge on any atom is -0.460 e. The number of carbonyl (C=O) groups excluding carboxylic acids is 1. The monoisotopic (exact) mass is 366 g/mol. The first-order valence-electron chi connectivity index (χ1n) is 9.08. The van der Waals surface area contributed by atoms with Crippen LogP contribution in [0.15, 0.2) is 30.3 Å². The second kappa shape index (κ2) is 7.02. The van der Waals surface area contributed by atoms with Crippen LogP contribution in [0.5, 0.6) is 0 Å². The fraction of sp³-hybridized carbons (Fsp3) is 0.381. The molecular weight excluding hydrogens is 340 g/mol. The van der Waals surface area contributed by atoms with Gasteiger partial charge in [0.25, 0.3) is 0 Å². The quantitative estimate of drug-likeness (QED) is 0.562. The number of nitrogens with zero attached hydrogens (tertiary/aromatic N) is 3. The Bertz CT molecular complexity index is 985. The van der Waals surface area contributed by atoms with Crippen molar-refractivity contribution in [1.82, 2.24) is 14.6 Å². The molecule has 0 fully saturated rings. The van der Waals surface area contributed by atoms with Crippen LogP contribution in [0.2, 0.25) is 0 Å². The van der Waals surface area contributed by atoms with E-state index in [1.165, 1.54) is 0 Å². The summed E-state index contributed by atoms with van der Waals surface area (Å²) in [5.41, 5.74) is 3.87. The number of nitrogen functional groups attached to an aromatic ring is 1. The molecule has 2 heterocycles. The van der Waals surface area contributed by atoms with Gasteiger partial charge in [-0.2, -0.15) is 0 Å². The third-order valence-corrected chi connectivity index (χ3v) is 4.49. The van der Waals surface area contributed by atoms with Gasteiger partial charge in [-0.3, -0.25) is 4.79 Å². The summed E-state index contributed by atoms with van der Waals surface area (Å²) in [5, 5.41) is 0.915. The highest BCUT2D eigenvalue weighted by molar-refractivity contribution is 5.86. The van der Waals surface area contributed by atoms with E-state index < -0.39 is 5.60 Å². The van der Waals surface area contributed by atoms with E-state index in [9.17, 15) is 4.79 Å². The van der Waals surface area contributed by atoms with Gasteiger partial charge in [-0.15, -0.1) is 0 Å². The van der Waals surface area contributed by atoms with E-state index in [0.29, 0.717) is 17.9 Å². The SMILES string of the molecule is Cc1c(C)n(N)c2nc(-c3ccccc3)nc(CCC(=O)OC(C)(C)C)c12. The zero-order valence-electron chi connectivity index (χ0n) is 16.5. The van der Waals surface area contributed by atoms with Crippen LogP contribution in [-0.2, 0) is 16.0 Å². The number of hydrogen-bond acceptors (Lipinski definition) is 5. The van der Waals surface area contributed by atoms with Gasteiger partial charge in [0.1, 0.15) is 5.60 Å². The maximum absolute atomic E-state index is 12.2. The second-order valence-electron chi connectivity index (χ2n) is 7.73. The molecule has 0 atom stereocenters. The number of nitrogens with two attached hydrogens (primary N) is 1. The molecule has 0 aliphatic heterocycles. The third kappa shape index (κ3) is 3.94. The predicted molar refractivity (Wildman–Crippen MR) is 107 cm³/mol. The number of rotatable bonds is 4. The van der Waals surface area contributed by atoms with Crippen LogP contribution in [0, 0.1) is 13.8 Å². The summed E-state index contributed by atoms with van der Waals surface area (Å²) >= 11 is 0. The van der Waals surface area contributed by atoms with Crippen molar-refractivity contribution in [1.29, 1.82) is 0 Å². The summed E-state index contributed by atoms with van der Waals surface area (Å²) in [7, 11) is 0. The summed E-state index contributed by atoms with van der Waals surface area (Å²) in [4.78, 5) is 21.6. The summed E-state index contributed by atoms with van der Waals surface area (Å²) in [6.07, 6.45) is 0.726. The van der Waals surface area contributed by atoms with Gasteiger partial charge in [0, 0.05) is 23.1 Å². The van der Waals surface area contributed by atoms with E-state index in [1.54, 1.807) is 4.68 Å². The van der Waals surface area contributed by atoms with E-state index >= 15 is 0 Å². The Kier molecular flexibility index (Phi) is 4.91. The molecule has 2 aromatic heterocycles. The molecule has 0 unspecified atom stereocenters. The topological polar surface area (TPSA) is 83.0 Å². The standard InChI is InChI=1S/C21H26N4O2/c1-13-14(2)25(22)20-18(13)16(11-12-17(26)27-21(3,4)5)23-19(24-20)15-9-7-6-8-10-15/h6-10H,11-12,22H2,1-5H3. The third-order valence-electron chi connectivity index (χ3n) is 4.49. The van der Waals surface area contributed by atoms with Gasteiger partial charge >= 0.3 is 5.97 Å². The minimum atomic E-state index is -0.500. The summed E-state index contributed by atoms with van der Waals surface area (Å²) < 4.78 is 7.03. The lowest BCUT2D eigenvalue weighted by Gasteiger charge is -2.19. The molecule has 142 valence electrons. The van der Waals surface area contributed by atoms with Crippen LogP contribution in [0.1, 0.15) is 44.1 Å². The molecule has 2 N–H and O–H groups in total. The lowest BCUT2D eigenvalue weighted by Crippen LogP contribution is -2.24. The van der Waals surface area contributed by atoms with Gasteiger partial charge < -0.3 is 10.6 Å². The van der Waals surface area contributed by atoms with Gasteiger partial charge in [-0.1, -0.05) is 30.3 Å². The number of aromatic nitrogens is 3. The second-order valence-corrected chi connectivity index (χ2v) is 7.73. The molecule has 0 saturated carbocycles. The molecule has 6 heteroatoms. The lowest BCUT2D eigenvalue weighted by molar-refractivity contribution is -0.154. The Morgan fingerprint density at radius 3 is 2.44 bits per heavy atom. The van der Waals surface area contributed by atoms with Crippen molar-refractivity contribution in [2.75, 3.05) is 5.84 Å². The van der Waals surface area contributed by atoms with Crippen molar-refractivity contribution in [2.45, 2.75) is 53.1 Å². The van der Waals surface area contributed by atoms with E-state index in [2.05, 4.69) is 4.98 Å². The molecule has 27 heavy (non-hydrogen) atoms. The van der Waals surface area contributed by atoms with Crippen molar-refractivity contribution >= 4 is 17.0 Å². The number of fused-ring (bicyclic) bond motifs is 1. The molecule has 0 amide bonds. The van der Waals surface area contributed by atoms with Crippen molar-refractivity contribution in [3.8, 4) is 11.4 Å². The Morgan fingerprint density at radius 2 is 1.81 bits per heavy atom. The first kappa shape index (κ1) is 18.9. The smallest absolute Gasteiger partial charge is 0.306 e. The number of ether oxygens (including phenoxy) is 1. The first-order chi connectivity index (χ1) is 12.7. The Hall–Kier alpha value is -2.89. The van der Waals surface area contributed by atoms with Crippen LogP contribution >= 0.6 is 0 Å². The van der Waals surface area contributed by atoms with Crippen molar-refractivity contribution < 1.29 is 9.53 Å². The first-order valence-corrected chi connectivity index (χ1v) is 9.08. The summed E-state index contributed by atoms with van der Waals surface area (Å²) in [6.45, 7) is 9.55. The van der Waals surface area contributed by atoms with Crippen LogP contribution in [0.25, 0.3) is 22.4 Å². The van der Waals surface area contributed by atoms with Crippen LogP contribution in [0.4, 0.5) is 0 Å². The van der Waals surface area contributed by atoms with Crippen molar-refractivity contribution in [3.05, 3.63) is 47.3 Å². The molecule has 1 aromatic carbocycles. The number of hydrogen-bond donors (Lipinski definition) is 1. The highest BCUT2D eigenvalue weighted by Gasteiger charge is 2.20. The molecule has 0 spiro atoms. The Labute approximate surface area is 159 Å². The summed E-state index contributed by atoms with van der Waals surface area (Å²) in [5.74, 6) is 6.59. The predicted octanol–water partition coefficient (Wildman–Crippen LogP) is 3.70. The highest BCUT2D eigenvalue weighted by Crippen LogP contribution is 2.28. The summed E-state index contributed by atoms with van der Waals surface area (Å²) in [6, 6.07) is 9.76. The minimum absolute atomic E-state index is 0.239. The maximum atomic E-state index is 12.2. The van der Waals surface area contributed by atoms with Crippen molar-refractivity contribution in [3.63, 3.8) is 0 Å². The van der Waals surface area contributed by atoms with E-state index in [-0.39, 0.29) is 12.4 Å². The molecule has 3 aromatic rings. The molecular formula is C21H26N4O2. The number of benzene rings is 1. The normalized spacial score (nSPS) is 11.7. The van der Waals surface area contributed by atoms with E-state index in [1.807, 2.05) is 65.0 Å². The molecule has 0 saturated heterocycles. The van der Waals surface area contributed by atoms with Gasteiger partial charge in [-0.05, 0) is 40.2 Å². The van der Waals surface area contributed by atoms with Gasteiger partial charge in [0.2, 0.25) is 0 Å². The average Bonchev–Trinajstić information content (AvgIpc) is 2.83. The number of esters is 1. The average molecular weight is 366 g/mol. The van der Waals surface area contributed by atoms with Gasteiger partial charge in [0.15, 0.2) is 11.5 Å². The molecule has 0 aliphatic carbocycles. The highest BCUT2D eigenvalue weighted by atomic mass is 16.6. The van der Waals surface area contributed by atoms with Gasteiger partial charge in [-0.25, -0.2) is 14.6 Å². The zero-order valence-corrected chi connectivity index (χ0v) is 16.5. The molecule has 3 rings (SSSR count). The number of aryl methyl sites for hydroxylation is 2. The molecule has 6 nitrogen and oxygen atoms in total. The van der Waals surface area contributed by atoms with Crippen molar-refractivity contribution in [2.24, 2.45) is 0 Å². The maximum Gasteiger partial charge on any atom is 0.306 e. The van der Waals surface area contributed by atoms with Crippen LogP contribution in [0.3, 0.4) is 0 Å². The molecule has 0 aliphatic rings. The number of carbonyl (C=O) groups is 1. The van der Waals surface area contributed by atoms with E-state index in [0.717, 1.165) is 27.9 Å².